The van der Waals surface area contributed by atoms with Gasteiger partial charge in [0.15, 0.2) is 0 Å². The number of nitrogens with two attached hydrogens (primary N) is 1. The summed E-state index contributed by atoms with van der Waals surface area (Å²) in [5, 5.41) is 19.3. The zero-order valence-electron chi connectivity index (χ0n) is 87.1. The van der Waals surface area contributed by atoms with Gasteiger partial charge in [-0.3, -0.25) is 34.4 Å². The van der Waals surface area contributed by atoms with Crippen molar-refractivity contribution >= 4 is 114 Å². The van der Waals surface area contributed by atoms with E-state index >= 15 is 0 Å². The Morgan fingerprint density at radius 2 is 0.986 bits per heavy atom. The molecule has 7 atom stereocenters. The summed E-state index contributed by atoms with van der Waals surface area (Å²) in [6.45, 7) is 50.1. The largest absolute Gasteiger partial charge is 1.00 e. The summed E-state index contributed by atoms with van der Waals surface area (Å²) in [4.78, 5) is 150. The molecule has 13 heterocycles. The number of allylic oxidation sites excluding steroid dienone is 2. The fourth-order valence-electron chi connectivity index (χ4n) is 13.4. The molecule has 38 nitrogen and oxygen atoms in total. The summed E-state index contributed by atoms with van der Waals surface area (Å²) < 4.78 is 122. The summed E-state index contributed by atoms with van der Waals surface area (Å²) in [6, 6.07) is 3.44. The van der Waals surface area contributed by atoms with E-state index in [-0.39, 0.29) is 108 Å². The fourth-order valence-corrected chi connectivity index (χ4v) is 13.9. The van der Waals surface area contributed by atoms with Crippen molar-refractivity contribution in [3.05, 3.63) is 167 Å². The molecule has 7 aromatic rings. The number of nitrogens with one attached hydrogen (secondary N) is 4. The Morgan fingerprint density at radius 3 is 1.43 bits per heavy atom. The van der Waals surface area contributed by atoms with Crippen molar-refractivity contribution in [3.63, 3.8) is 0 Å². The standard InChI is InChI=1S/C19H24N6O2.C16H23N3O2.C13H17N3O5.C12H18F3NO5S.C11H17BN2O2.C11H17N3.C11H15N3.C2HF3O.CH4.B.Na.H/c1-11-4-5-16(14-7-21-13(3)22-8-14)25(10-11)19(27)18(26)24-15-6-12(2)17(20)23-9-15;1-11-6-7-14(13-8-17-12(2)18-9-13)19(10-11)15(20)21-16(3,4)5;1-7-5-8(15-10(17)11(18)19)6-14-9(7)16-12(20)21-13(2,3)4;1-8-5-6-9(21-22(18,19)12(13,14)15)16(7-8)10(17)20-11(2,3)4;1-8-13-6-9(7-14-8)12-15-10(2,3)11(4,5)16-12;2*1-8-3-4-11(14-5-8)10-6-12-9(2)13-7-10;3-2(4,5)1-6;;;;/h6-9,11,16H,4-5,10H2,1-3H3,(H2,20,23)(H,24,26);7-9,11H,6,10H2,1-5H3;5-6H,1-4H3,(H,15,17)(H,18,19)(H,14,16,20);6,8H,5,7H2,1-4H3;6-7H,1-5H3;6-8,11,14H,3-5H2,1-2H3;6-8H,3-5H2,1-2H3;1H;1H4;;;/q;;;;;;;;;;+1;-1/t11-,16+;;;;;;;;;;;/m1.........../s1. The molecule has 783 valence electrons. The van der Waals surface area contributed by atoms with Gasteiger partial charge in [-0.1, -0.05) is 48.1 Å². The van der Waals surface area contributed by atoms with E-state index < -0.39 is 86.7 Å². The van der Waals surface area contributed by atoms with E-state index in [1.54, 1.807) is 115 Å². The molecule has 6 aliphatic heterocycles. The van der Waals surface area contributed by atoms with Crippen LogP contribution in [0.25, 0.3) is 5.70 Å². The Kier molecular flexibility index (Phi) is 48.8. The molecule has 3 fully saturated rings. The van der Waals surface area contributed by atoms with Gasteiger partial charge < -0.3 is 60.8 Å². The number of aliphatic imine (C=N–C) groups is 1. The number of anilines is 4. The van der Waals surface area contributed by atoms with Crippen molar-refractivity contribution in [1.82, 2.24) is 79.8 Å². The van der Waals surface area contributed by atoms with E-state index in [2.05, 4.69) is 124 Å². The third-order valence-electron chi connectivity index (χ3n) is 21.6. The number of nitrogen functional groups attached to an aromatic ring is 1. The number of likely N-dealkylation sites (tertiary alicyclic amines) is 1. The van der Waals surface area contributed by atoms with Crippen molar-refractivity contribution in [3.8, 4) is 0 Å². The summed E-state index contributed by atoms with van der Waals surface area (Å²) >= 11 is 0. The normalized spacial score (nSPS) is 18.9. The molecule has 3 saturated heterocycles. The molecule has 7 aromatic heterocycles. The molecule has 5 unspecified atom stereocenters. The second-order valence-electron chi connectivity index (χ2n) is 38.8. The van der Waals surface area contributed by atoms with E-state index in [0.29, 0.717) is 59.7 Å². The van der Waals surface area contributed by atoms with Gasteiger partial charge in [-0.05, 0) is 255 Å². The second-order valence-corrected chi connectivity index (χ2v) is 40.4. The number of carbonyl (C=O) groups excluding carboxylic acids is 7. The average Bonchev–Trinajstić information content (AvgIpc) is 1.66. The predicted molar refractivity (Wildman–Crippen MR) is 530 cm³/mol. The van der Waals surface area contributed by atoms with Crippen LogP contribution >= 0.6 is 0 Å². The number of piperidine rings is 2. The quantitative estimate of drug-likeness (QED) is 0.0141. The van der Waals surface area contributed by atoms with E-state index in [9.17, 15) is 68.3 Å². The Bertz CT molecular complexity index is 5600. The first-order valence-corrected chi connectivity index (χ1v) is 47.1. The van der Waals surface area contributed by atoms with Gasteiger partial charge in [0.05, 0.1) is 46.7 Å². The van der Waals surface area contributed by atoms with Gasteiger partial charge in [0.25, 0.3) is 0 Å². The molecule has 0 aromatic carbocycles. The van der Waals surface area contributed by atoms with Crippen LogP contribution in [0.15, 0.2) is 110 Å². The first kappa shape index (κ1) is 127. The van der Waals surface area contributed by atoms with Crippen LogP contribution in [-0.2, 0) is 61.8 Å². The number of pyridine rings is 2. The molecular formula is C96H137B2F6N21NaO17S. The Labute approximate surface area is 865 Å². The topological polar surface area (TPSA) is 497 Å². The fraction of sp³-hybridized carbons (Fsp3) is 0.552. The monoisotopic (exact) mass is 2050 g/mol. The van der Waals surface area contributed by atoms with Gasteiger partial charge in [-0.2, -0.15) is 34.8 Å². The Morgan fingerprint density at radius 1 is 0.549 bits per heavy atom. The molecule has 3 radical (unpaired) electrons. The smallest absolute Gasteiger partial charge is 1.00 e. The van der Waals surface area contributed by atoms with E-state index in [4.69, 9.17) is 39.2 Å². The number of aromatic nitrogens is 12. The van der Waals surface area contributed by atoms with Crippen LogP contribution in [-0.4, -0.2) is 230 Å². The Balaban J connectivity index is 0.000000569. The summed E-state index contributed by atoms with van der Waals surface area (Å²) in [5.74, 6) is 1.94. The van der Waals surface area contributed by atoms with Crippen LogP contribution < -0.4 is 62.0 Å². The van der Waals surface area contributed by atoms with Gasteiger partial charge >= 0.3 is 100 Å². The summed E-state index contributed by atoms with van der Waals surface area (Å²) in [7, 11) is -6.21. The molecular weight excluding hydrogens is 1910 g/mol. The van der Waals surface area contributed by atoms with E-state index in [1.807, 2.05) is 108 Å². The number of hydrogen-bond acceptors (Lipinski definition) is 31. The van der Waals surface area contributed by atoms with E-state index in [1.165, 1.54) is 49.0 Å². The molecule has 7 N–H and O–H groups in total. The number of amides is 6. The third-order valence-corrected chi connectivity index (χ3v) is 22.6. The van der Waals surface area contributed by atoms with Crippen LogP contribution in [0, 0.1) is 78.1 Å². The molecule has 0 bridgehead atoms. The SMILES string of the molecule is C.CC1CC=C(OS(=O)(=O)C(F)(F)F)N(C(=O)OC(C)(C)C)C1.Cc1cc(NC(=O)C(=O)O)cnc1NC(=O)OC(C)(C)C.Cc1ncc(B2OC(C)(C)C(C)(C)O2)cn1.Cc1ncc(C2=CCC(C)CN2C(=O)OC(C)(C)C)cn1.Cc1ncc(C2=NCC(C)CC2)cn1.Cc1ncc(C2CCC(C)CN2)cn1.Cc1ncc([C@@H]2CC[C@@H](C)CN2C(=O)C(=O)Nc2cnc(N)c(C)c2)cn1.O=CC(F)(F)F.[B].[H-].[Na+]. The maximum atomic E-state index is 12.9. The number of nitrogens with zero attached hydrogens (tertiary/aromatic N) is 16. The second kappa shape index (κ2) is 55.6. The van der Waals surface area contributed by atoms with Gasteiger partial charge in [-0.15, -0.1) is 0 Å². The molecule has 6 amide bonds. The minimum Gasteiger partial charge on any atom is -1.00 e. The zero-order chi connectivity index (χ0) is 106. The van der Waals surface area contributed by atoms with Crippen molar-refractivity contribution in [2.45, 2.75) is 284 Å². The van der Waals surface area contributed by atoms with Gasteiger partial charge in [0, 0.05) is 136 Å². The number of carboxylic acids is 1. The zero-order valence-corrected chi connectivity index (χ0v) is 88.9. The minimum absolute atomic E-state index is 0. The van der Waals surface area contributed by atoms with Gasteiger partial charge in [0.1, 0.15) is 57.6 Å². The van der Waals surface area contributed by atoms with Crippen molar-refractivity contribution in [1.29, 1.82) is 0 Å². The van der Waals surface area contributed by atoms with Crippen LogP contribution in [0.5, 0.6) is 0 Å². The number of hydrogen-bond donors (Lipinski definition) is 6. The minimum atomic E-state index is -5.84. The van der Waals surface area contributed by atoms with Crippen molar-refractivity contribution < 1.29 is 137 Å². The predicted octanol–water partition coefficient (Wildman–Crippen LogP) is 13.2. The van der Waals surface area contributed by atoms with E-state index in [0.717, 1.165) is 112 Å². The maximum absolute atomic E-state index is 12.9. The molecule has 13 rings (SSSR count). The van der Waals surface area contributed by atoms with Crippen molar-refractivity contribution in [2.24, 2.45) is 34.6 Å². The molecule has 0 aliphatic carbocycles. The number of rotatable bonds is 10. The molecule has 6 aliphatic rings. The molecule has 0 spiro atoms. The number of alkyl halides is 6. The Hall–Kier alpha value is -11.7. The molecule has 144 heavy (non-hydrogen) atoms. The van der Waals surface area contributed by atoms with Gasteiger partial charge in [0.2, 0.25) is 12.2 Å². The third kappa shape index (κ3) is 42.6. The molecule has 48 heteroatoms. The maximum Gasteiger partial charge on any atom is 1.00 e. The number of aliphatic carboxylic acids is 1. The number of aryl methyl sites for hydroxylation is 7. The number of carboxylic acid groups (broad SMARTS) is 1. The molecule has 0 saturated carbocycles. The average molecular weight is 2050 g/mol. The number of halogens is 6. The van der Waals surface area contributed by atoms with Crippen LogP contribution in [0.4, 0.5) is 63.7 Å². The van der Waals surface area contributed by atoms with Crippen LogP contribution in [0.3, 0.4) is 0 Å². The number of carbonyl (C=O) groups is 8. The first-order valence-electron chi connectivity index (χ1n) is 45.7. The van der Waals surface area contributed by atoms with Gasteiger partial charge in [-0.25, -0.2) is 83.9 Å². The van der Waals surface area contributed by atoms with Crippen molar-refractivity contribution in [2.75, 3.05) is 54.4 Å². The van der Waals surface area contributed by atoms with Crippen LogP contribution in [0.1, 0.15) is 259 Å². The van der Waals surface area contributed by atoms with Crippen LogP contribution in [0.2, 0.25) is 0 Å². The first-order chi connectivity index (χ1) is 65.3. The number of ether oxygens (including phenoxy) is 3. The summed E-state index contributed by atoms with van der Waals surface area (Å²) in [5.41, 5.74) is 6.28. The number of aldehydes is 1. The summed E-state index contributed by atoms with van der Waals surface area (Å²) in [6.07, 6.45) is 24.1.